The molecule has 1 aromatic rings. The number of hydrogen-bond donors (Lipinski definition) is 0. The van der Waals surface area contributed by atoms with Crippen molar-refractivity contribution in [2.24, 2.45) is 0 Å². The fraction of sp³-hybridized carbons (Fsp3) is 0.438. The van der Waals surface area contributed by atoms with Gasteiger partial charge in [0.1, 0.15) is 5.60 Å². The molecule has 0 aliphatic rings. The highest BCUT2D eigenvalue weighted by Crippen LogP contribution is 2.17. The molecule has 0 aliphatic heterocycles. The lowest BCUT2D eigenvalue weighted by Crippen LogP contribution is -2.24. The van der Waals surface area contributed by atoms with Gasteiger partial charge >= 0.3 is 5.97 Å². The molecule has 19 heavy (non-hydrogen) atoms. The third-order valence-electron chi connectivity index (χ3n) is 2.38. The third kappa shape index (κ3) is 6.44. The number of rotatable bonds is 5. The van der Waals surface area contributed by atoms with Gasteiger partial charge in [0.15, 0.2) is 0 Å². The van der Waals surface area contributed by atoms with Gasteiger partial charge in [-0.1, -0.05) is 30.3 Å². The van der Waals surface area contributed by atoms with E-state index in [1.54, 1.807) is 0 Å². The zero-order valence-corrected chi connectivity index (χ0v) is 12.5. The van der Waals surface area contributed by atoms with Crippen molar-refractivity contribution in [3.05, 3.63) is 41.5 Å². The highest BCUT2D eigenvalue weighted by Gasteiger charge is 2.19. The normalized spacial score (nSPS) is 12.3. The second-order valence-corrected chi connectivity index (χ2v) is 5.75. The number of alkyl halides is 1. The molecule has 104 valence electrons. The molecule has 0 radical (unpaired) electrons. The average Bonchev–Trinajstić information content (AvgIpc) is 2.33. The summed E-state index contributed by atoms with van der Waals surface area (Å²) in [6.45, 7) is 5.60. The monoisotopic (exact) mass is 280 g/mol. The van der Waals surface area contributed by atoms with Crippen LogP contribution in [-0.2, 0) is 9.53 Å². The second kappa shape index (κ2) is 7.34. The van der Waals surface area contributed by atoms with E-state index in [2.05, 4.69) is 0 Å². The standard InChI is InChI=1S/C16H21ClO2/c1-16(2,3)19-15(18)14(10-7-11-17)12-13-8-5-4-6-9-13/h4-6,8-9,12H,7,10-11H2,1-3H3/b14-12+. The van der Waals surface area contributed by atoms with Crippen LogP contribution in [0, 0.1) is 0 Å². The van der Waals surface area contributed by atoms with Crippen molar-refractivity contribution < 1.29 is 9.53 Å². The molecule has 0 spiro atoms. The maximum atomic E-state index is 12.1. The molecule has 1 aromatic carbocycles. The highest BCUT2D eigenvalue weighted by molar-refractivity contribution is 6.17. The zero-order chi connectivity index (χ0) is 14.3. The van der Waals surface area contributed by atoms with Gasteiger partial charge in [0.25, 0.3) is 0 Å². The lowest BCUT2D eigenvalue weighted by Gasteiger charge is -2.20. The van der Waals surface area contributed by atoms with Gasteiger partial charge in [-0.05, 0) is 45.3 Å². The quantitative estimate of drug-likeness (QED) is 0.453. The molecule has 0 atom stereocenters. The van der Waals surface area contributed by atoms with Crippen LogP contribution in [0.25, 0.3) is 6.08 Å². The Kier molecular flexibility index (Phi) is 6.10. The summed E-state index contributed by atoms with van der Waals surface area (Å²) in [7, 11) is 0. The summed E-state index contributed by atoms with van der Waals surface area (Å²) in [5.41, 5.74) is 1.19. The van der Waals surface area contributed by atoms with E-state index in [4.69, 9.17) is 16.3 Å². The van der Waals surface area contributed by atoms with E-state index in [9.17, 15) is 4.79 Å². The minimum absolute atomic E-state index is 0.263. The first kappa shape index (κ1) is 15.8. The Bertz CT molecular complexity index is 430. The number of carbonyl (C=O) groups is 1. The van der Waals surface area contributed by atoms with Gasteiger partial charge in [-0.15, -0.1) is 11.6 Å². The lowest BCUT2D eigenvalue weighted by molar-refractivity contribution is -0.149. The van der Waals surface area contributed by atoms with E-state index in [1.165, 1.54) is 0 Å². The topological polar surface area (TPSA) is 26.3 Å². The number of ether oxygens (including phenoxy) is 1. The van der Waals surface area contributed by atoms with Crippen molar-refractivity contribution >= 4 is 23.6 Å². The minimum atomic E-state index is -0.478. The Hall–Kier alpha value is -1.28. The molecule has 0 aliphatic carbocycles. The second-order valence-electron chi connectivity index (χ2n) is 5.37. The maximum absolute atomic E-state index is 12.1. The van der Waals surface area contributed by atoms with Gasteiger partial charge in [-0.25, -0.2) is 4.79 Å². The summed E-state index contributed by atoms with van der Waals surface area (Å²) in [5.74, 6) is 0.274. The molecule has 0 N–H and O–H groups in total. The molecule has 1 rings (SSSR count). The van der Waals surface area contributed by atoms with Crippen LogP contribution in [0.5, 0.6) is 0 Å². The first-order valence-electron chi connectivity index (χ1n) is 6.47. The Morgan fingerprint density at radius 2 is 1.89 bits per heavy atom. The SMILES string of the molecule is CC(C)(C)OC(=O)/C(=C/c1ccccc1)CCCCl. The van der Waals surface area contributed by atoms with Gasteiger partial charge < -0.3 is 4.74 Å². The van der Waals surface area contributed by atoms with Crippen LogP contribution in [0.15, 0.2) is 35.9 Å². The molecule has 0 bridgehead atoms. The van der Waals surface area contributed by atoms with Crippen LogP contribution in [0.1, 0.15) is 39.2 Å². The van der Waals surface area contributed by atoms with Gasteiger partial charge in [0.2, 0.25) is 0 Å². The summed E-state index contributed by atoms with van der Waals surface area (Å²) in [4.78, 5) is 12.1. The van der Waals surface area contributed by atoms with E-state index in [-0.39, 0.29) is 5.97 Å². The van der Waals surface area contributed by atoms with E-state index in [0.29, 0.717) is 17.9 Å². The van der Waals surface area contributed by atoms with E-state index < -0.39 is 5.60 Å². The molecule has 0 fully saturated rings. The van der Waals surface area contributed by atoms with Crippen LogP contribution in [0.2, 0.25) is 0 Å². The summed E-state index contributed by atoms with van der Waals surface area (Å²) in [6.07, 6.45) is 3.27. The van der Waals surface area contributed by atoms with Crippen molar-refractivity contribution in [1.82, 2.24) is 0 Å². The molecular formula is C16H21ClO2. The van der Waals surface area contributed by atoms with Crippen molar-refractivity contribution in [3.8, 4) is 0 Å². The van der Waals surface area contributed by atoms with E-state index in [1.807, 2.05) is 57.2 Å². The molecule has 0 amide bonds. The molecule has 0 aromatic heterocycles. The van der Waals surface area contributed by atoms with E-state index in [0.717, 1.165) is 12.0 Å². The fourth-order valence-electron chi connectivity index (χ4n) is 1.58. The van der Waals surface area contributed by atoms with Crippen LogP contribution in [-0.4, -0.2) is 17.5 Å². The van der Waals surface area contributed by atoms with Crippen molar-refractivity contribution in [2.45, 2.75) is 39.2 Å². The summed E-state index contributed by atoms with van der Waals surface area (Å²) >= 11 is 5.71. The summed E-state index contributed by atoms with van der Waals surface area (Å²) < 4.78 is 5.42. The van der Waals surface area contributed by atoms with Gasteiger partial charge in [-0.3, -0.25) is 0 Å². The predicted octanol–water partition coefficient (Wildman–Crippen LogP) is 4.43. The first-order valence-corrected chi connectivity index (χ1v) is 7.01. The molecule has 0 saturated carbocycles. The third-order valence-corrected chi connectivity index (χ3v) is 2.65. The molecule has 0 unspecified atom stereocenters. The predicted molar refractivity (Wildman–Crippen MR) is 80.2 cm³/mol. The molecule has 0 heterocycles. The number of esters is 1. The Morgan fingerprint density at radius 1 is 1.26 bits per heavy atom. The number of halogens is 1. The van der Waals surface area contributed by atoms with Crippen LogP contribution < -0.4 is 0 Å². The molecule has 3 heteroatoms. The van der Waals surface area contributed by atoms with Crippen LogP contribution >= 0.6 is 11.6 Å². The fourth-order valence-corrected chi connectivity index (χ4v) is 1.72. The summed E-state index contributed by atoms with van der Waals surface area (Å²) in [6, 6.07) is 9.76. The Labute approximate surface area is 120 Å². The first-order chi connectivity index (χ1) is 8.92. The van der Waals surface area contributed by atoms with Crippen LogP contribution in [0.3, 0.4) is 0 Å². The Morgan fingerprint density at radius 3 is 2.42 bits per heavy atom. The molecule has 0 saturated heterocycles. The number of benzene rings is 1. The van der Waals surface area contributed by atoms with Gasteiger partial charge in [0.05, 0.1) is 0 Å². The summed E-state index contributed by atoms with van der Waals surface area (Å²) in [5, 5.41) is 0. The van der Waals surface area contributed by atoms with Crippen molar-refractivity contribution in [1.29, 1.82) is 0 Å². The number of hydrogen-bond acceptors (Lipinski definition) is 2. The Balaban J connectivity index is 2.88. The number of carbonyl (C=O) groups excluding carboxylic acids is 1. The molecular weight excluding hydrogens is 260 g/mol. The zero-order valence-electron chi connectivity index (χ0n) is 11.8. The van der Waals surface area contributed by atoms with Crippen LogP contribution in [0.4, 0.5) is 0 Å². The van der Waals surface area contributed by atoms with E-state index >= 15 is 0 Å². The largest absolute Gasteiger partial charge is 0.457 e. The smallest absolute Gasteiger partial charge is 0.334 e. The molecule has 2 nitrogen and oxygen atoms in total. The average molecular weight is 281 g/mol. The van der Waals surface area contributed by atoms with Crippen molar-refractivity contribution in [2.75, 3.05) is 5.88 Å². The van der Waals surface area contributed by atoms with Gasteiger partial charge in [-0.2, -0.15) is 0 Å². The highest BCUT2D eigenvalue weighted by atomic mass is 35.5. The van der Waals surface area contributed by atoms with Crippen molar-refractivity contribution in [3.63, 3.8) is 0 Å². The minimum Gasteiger partial charge on any atom is -0.457 e. The maximum Gasteiger partial charge on any atom is 0.334 e. The lowest BCUT2D eigenvalue weighted by atomic mass is 10.1. The van der Waals surface area contributed by atoms with Gasteiger partial charge in [0, 0.05) is 11.5 Å².